The third kappa shape index (κ3) is 2.50. The molecule has 3 nitrogen and oxygen atoms in total. The van der Waals surface area contributed by atoms with Crippen molar-refractivity contribution in [3.8, 4) is 0 Å². The Morgan fingerprint density at radius 2 is 1.45 bits per heavy atom. The predicted molar refractivity (Wildman–Crippen MR) is 82.7 cm³/mol. The SMILES string of the molecule is O=[N+]([O-])c1ccc(C(c2cccs2)c2cccs2)cc1. The van der Waals surface area contributed by atoms with Crippen LogP contribution < -0.4 is 0 Å². The van der Waals surface area contributed by atoms with Crippen molar-refractivity contribution in [1.82, 2.24) is 0 Å². The van der Waals surface area contributed by atoms with Crippen LogP contribution in [0.15, 0.2) is 59.3 Å². The molecule has 3 rings (SSSR count). The first-order chi connectivity index (χ1) is 9.75. The van der Waals surface area contributed by atoms with Gasteiger partial charge < -0.3 is 0 Å². The second-order valence-corrected chi connectivity index (χ2v) is 6.27. The van der Waals surface area contributed by atoms with Crippen LogP contribution in [-0.2, 0) is 0 Å². The second-order valence-electron chi connectivity index (χ2n) is 4.31. The first-order valence-electron chi connectivity index (χ1n) is 6.07. The molecule has 1 aromatic carbocycles. The Hall–Kier alpha value is -1.98. The summed E-state index contributed by atoms with van der Waals surface area (Å²) in [7, 11) is 0. The quantitative estimate of drug-likeness (QED) is 0.508. The van der Waals surface area contributed by atoms with Gasteiger partial charge in [0.15, 0.2) is 0 Å². The minimum absolute atomic E-state index is 0.129. The summed E-state index contributed by atoms with van der Waals surface area (Å²) in [5, 5.41) is 14.9. The molecular weight excluding hydrogens is 290 g/mol. The summed E-state index contributed by atoms with van der Waals surface area (Å²) in [5.74, 6) is 0.163. The Kier molecular flexibility index (Phi) is 3.62. The van der Waals surface area contributed by atoms with Gasteiger partial charge in [-0.25, -0.2) is 0 Å². The highest BCUT2D eigenvalue weighted by molar-refractivity contribution is 7.11. The molecule has 0 radical (unpaired) electrons. The first-order valence-corrected chi connectivity index (χ1v) is 7.83. The molecule has 0 saturated carbocycles. The van der Waals surface area contributed by atoms with E-state index >= 15 is 0 Å². The standard InChI is InChI=1S/C15H11NO2S2/c17-16(18)12-7-5-11(6-8-12)15(13-3-1-9-19-13)14-4-2-10-20-14/h1-10,15H. The van der Waals surface area contributed by atoms with Gasteiger partial charge in [-0.1, -0.05) is 24.3 Å². The fraction of sp³-hybridized carbons (Fsp3) is 0.0667. The summed E-state index contributed by atoms with van der Waals surface area (Å²) >= 11 is 3.41. The maximum absolute atomic E-state index is 10.7. The molecule has 0 saturated heterocycles. The molecule has 0 N–H and O–H groups in total. The van der Waals surface area contributed by atoms with E-state index in [1.54, 1.807) is 34.8 Å². The Morgan fingerprint density at radius 3 is 1.85 bits per heavy atom. The zero-order valence-electron chi connectivity index (χ0n) is 10.4. The van der Waals surface area contributed by atoms with Gasteiger partial charge >= 0.3 is 0 Å². The summed E-state index contributed by atoms with van der Waals surface area (Å²) in [6.07, 6.45) is 0. The third-order valence-electron chi connectivity index (χ3n) is 3.09. The maximum Gasteiger partial charge on any atom is 0.269 e. The molecule has 3 aromatic rings. The third-order valence-corrected chi connectivity index (χ3v) is 4.97. The molecule has 100 valence electrons. The molecule has 2 heterocycles. The number of hydrogen-bond acceptors (Lipinski definition) is 4. The van der Waals surface area contributed by atoms with E-state index in [1.165, 1.54) is 9.75 Å². The molecule has 0 aliphatic rings. The van der Waals surface area contributed by atoms with Crippen molar-refractivity contribution in [2.75, 3.05) is 0 Å². The van der Waals surface area contributed by atoms with Crippen molar-refractivity contribution < 1.29 is 4.92 Å². The minimum Gasteiger partial charge on any atom is -0.258 e. The van der Waals surface area contributed by atoms with Crippen molar-refractivity contribution in [2.45, 2.75) is 5.92 Å². The average molecular weight is 301 g/mol. The van der Waals surface area contributed by atoms with Gasteiger partial charge in [-0.05, 0) is 28.5 Å². The van der Waals surface area contributed by atoms with E-state index in [4.69, 9.17) is 0 Å². The Bertz CT molecular complexity index is 654. The molecule has 0 fully saturated rings. The number of hydrogen-bond donors (Lipinski definition) is 0. The van der Waals surface area contributed by atoms with E-state index in [2.05, 4.69) is 22.9 Å². The van der Waals surface area contributed by atoms with Crippen LogP contribution in [0.1, 0.15) is 21.2 Å². The lowest BCUT2D eigenvalue weighted by Crippen LogP contribution is -1.99. The number of nitro benzene ring substituents is 1. The zero-order chi connectivity index (χ0) is 13.9. The van der Waals surface area contributed by atoms with Crippen LogP contribution in [-0.4, -0.2) is 4.92 Å². The molecule has 0 aliphatic carbocycles. The number of nitro groups is 1. The summed E-state index contributed by atoms with van der Waals surface area (Å²) in [4.78, 5) is 12.9. The first kappa shape index (κ1) is 13.0. The van der Waals surface area contributed by atoms with Gasteiger partial charge in [-0.3, -0.25) is 10.1 Å². The lowest BCUT2D eigenvalue weighted by atomic mass is 9.95. The fourth-order valence-corrected chi connectivity index (χ4v) is 3.98. The lowest BCUT2D eigenvalue weighted by molar-refractivity contribution is -0.384. The van der Waals surface area contributed by atoms with E-state index in [9.17, 15) is 10.1 Å². The van der Waals surface area contributed by atoms with Crippen LogP contribution in [0.3, 0.4) is 0 Å². The summed E-state index contributed by atoms with van der Waals surface area (Å²) in [5.41, 5.74) is 1.21. The molecule has 0 aliphatic heterocycles. The van der Waals surface area contributed by atoms with Crippen LogP contribution in [0.4, 0.5) is 5.69 Å². The highest BCUT2D eigenvalue weighted by Crippen LogP contribution is 2.37. The summed E-state index contributed by atoms with van der Waals surface area (Å²) in [6, 6.07) is 15.1. The van der Waals surface area contributed by atoms with Gasteiger partial charge in [0.05, 0.1) is 10.8 Å². The number of nitrogens with zero attached hydrogens (tertiary/aromatic N) is 1. The molecular formula is C15H11NO2S2. The number of non-ortho nitro benzene ring substituents is 1. The second kappa shape index (κ2) is 5.56. The van der Waals surface area contributed by atoms with Crippen molar-refractivity contribution in [3.63, 3.8) is 0 Å². The van der Waals surface area contributed by atoms with E-state index < -0.39 is 0 Å². The number of thiophene rings is 2. The van der Waals surface area contributed by atoms with Crippen molar-refractivity contribution in [2.24, 2.45) is 0 Å². The number of benzene rings is 1. The van der Waals surface area contributed by atoms with E-state index in [0.29, 0.717) is 0 Å². The van der Waals surface area contributed by atoms with Crippen LogP contribution in [0.25, 0.3) is 0 Å². The summed E-state index contributed by atoms with van der Waals surface area (Å²) < 4.78 is 0. The molecule has 0 spiro atoms. The normalized spacial score (nSPS) is 10.8. The van der Waals surface area contributed by atoms with Gasteiger partial charge in [0.1, 0.15) is 0 Å². The Labute approximate surface area is 124 Å². The zero-order valence-corrected chi connectivity index (χ0v) is 12.1. The molecule has 0 unspecified atom stereocenters. The smallest absolute Gasteiger partial charge is 0.258 e. The van der Waals surface area contributed by atoms with Gasteiger partial charge in [0.25, 0.3) is 5.69 Å². The van der Waals surface area contributed by atoms with Crippen LogP contribution in [0.2, 0.25) is 0 Å². The lowest BCUT2D eigenvalue weighted by Gasteiger charge is -2.14. The summed E-state index contributed by atoms with van der Waals surface area (Å²) in [6.45, 7) is 0. The van der Waals surface area contributed by atoms with E-state index in [1.807, 2.05) is 24.3 Å². The van der Waals surface area contributed by atoms with Crippen molar-refractivity contribution >= 4 is 28.4 Å². The highest BCUT2D eigenvalue weighted by atomic mass is 32.1. The van der Waals surface area contributed by atoms with Crippen molar-refractivity contribution in [1.29, 1.82) is 0 Å². The fourth-order valence-electron chi connectivity index (χ4n) is 2.17. The van der Waals surface area contributed by atoms with Gasteiger partial charge in [0.2, 0.25) is 0 Å². The molecule has 0 atom stereocenters. The Balaban J connectivity index is 2.04. The van der Waals surface area contributed by atoms with Crippen LogP contribution in [0, 0.1) is 10.1 Å². The molecule has 0 amide bonds. The van der Waals surface area contributed by atoms with Crippen molar-refractivity contribution in [3.05, 3.63) is 84.7 Å². The monoisotopic (exact) mass is 301 g/mol. The number of rotatable bonds is 4. The van der Waals surface area contributed by atoms with E-state index in [-0.39, 0.29) is 16.5 Å². The molecule has 2 aromatic heterocycles. The maximum atomic E-state index is 10.7. The molecule has 0 bridgehead atoms. The topological polar surface area (TPSA) is 43.1 Å². The molecule has 20 heavy (non-hydrogen) atoms. The highest BCUT2D eigenvalue weighted by Gasteiger charge is 2.19. The van der Waals surface area contributed by atoms with Crippen LogP contribution in [0.5, 0.6) is 0 Å². The predicted octanol–water partition coefficient (Wildman–Crippen LogP) is 4.90. The van der Waals surface area contributed by atoms with Crippen LogP contribution >= 0.6 is 22.7 Å². The van der Waals surface area contributed by atoms with E-state index in [0.717, 1.165) is 5.56 Å². The Morgan fingerprint density at radius 1 is 0.900 bits per heavy atom. The van der Waals surface area contributed by atoms with Gasteiger partial charge in [-0.15, -0.1) is 22.7 Å². The van der Waals surface area contributed by atoms with Gasteiger partial charge in [0, 0.05) is 21.9 Å². The minimum atomic E-state index is -0.366. The largest absolute Gasteiger partial charge is 0.269 e. The van der Waals surface area contributed by atoms with Gasteiger partial charge in [-0.2, -0.15) is 0 Å². The molecule has 5 heteroatoms. The average Bonchev–Trinajstić information content (AvgIpc) is 3.13.